The van der Waals surface area contributed by atoms with Gasteiger partial charge in [-0.1, -0.05) is 13.8 Å². The number of carbonyl (C=O) groups is 5. The monoisotopic (exact) mass is 417 g/mol. The Morgan fingerprint density at radius 2 is 1.41 bits per heavy atom. The molecule has 0 radical (unpaired) electrons. The molecule has 0 aliphatic rings. The van der Waals surface area contributed by atoms with E-state index in [9.17, 15) is 24.0 Å². The molecule has 0 spiro atoms. The first-order valence-corrected chi connectivity index (χ1v) is 9.06. The number of carboxylic acid groups (broad SMARTS) is 1. The lowest BCUT2D eigenvalue weighted by molar-refractivity contribution is -0.141. The summed E-state index contributed by atoms with van der Waals surface area (Å²) in [6.45, 7) is 5.60. The Hall–Kier alpha value is -2.73. The predicted octanol–water partition coefficient (Wildman–Crippen LogP) is -2.69. The number of amides is 4. The number of hydrogen-bond acceptors (Lipinski definition) is 7. The highest BCUT2D eigenvalue weighted by Crippen LogP contribution is 2.04. The summed E-state index contributed by atoms with van der Waals surface area (Å²) in [5, 5.41) is 18.4. The first-order chi connectivity index (χ1) is 13.4. The maximum Gasteiger partial charge on any atom is 0.325 e. The van der Waals surface area contributed by atoms with E-state index >= 15 is 0 Å². The second kappa shape index (κ2) is 12.7. The van der Waals surface area contributed by atoms with Crippen molar-refractivity contribution in [2.75, 3.05) is 20.3 Å². The maximum absolute atomic E-state index is 12.6. The molecule has 4 amide bonds. The molecule has 4 atom stereocenters. The molecule has 0 fully saturated rings. The smallest absolute Gasteiger partial charge is 0.325 e. The van der Waals surface area contributed by atoms with Gasteiger partial charge in [-0.2, -0.15) is 0 Å². The number of ether oxygens (including phenoxy) is 1. The summed E-state index contributed by atoms with van der Waals surface area (Å²) in [5.41, 5.74) is 5.23. The molecule has 12 heteroatoms. The summed E-state index contributed by atoms with van der Waals surface area (Å²) in [4.78, 5) is 59.3. The van der Waals surface area contributed by atoms with Gasteiger partial charge >= 0.3 is 5.97 Å². The highest BCUT2D eigenvalue weighted by molar-refractivity contribution is 5.95. The van der Waals surface area contributed by atoms with E-state index in [0.717, 1.165) is 0 Å². The van der Waals surface area contributed by atoms with E-state index in [4.69, 9.17) is 15.6 Å². The van der Waals surface area contributed by atoms with Crippen LogP contribution in [-0.4, -0.2) is 79.1 Å². The van der Waals surface area contributed by atoms with Gasteiger partial charge in [-0.3, -0.25) is 24.0 Å². The van der Waals surface area contributed by atoms with E-state index in [1.807, 2.05) is 0 Å². The van der Waals surface area contributed by atoms with Gasteiger partial charge in [0.05, 0.1) is 13.2 Å². The van der Waals surface area contributed by atoms with Gasteiger partial charge in [0.15, 0.2) is 0 Å². The van der Waals surface area contributed by atoms with Crippen molar-refractivity contribution in [1.29, 1.82) is 0 Å². The number of aliphatic carboxylic acids is 1. The van der Waals surface area contributed by atoms with Crippen LogP contribution in [0.15, 0.2) is 0 Å². The summed E-state index contributed by atoms with van der Waals surface area (Å²) in [6, 6.07) is -4.22. The molecule has 0 unspecified atom stereocenters. The molecule has 0 bridgehead atoms. The lowest BCUT2D eigenvalue weighted by Gasteiger charge is -2.26. The molecule has 0 rings (SSSR count). The summed E-state index contributed by atoms with van der Waals surface area (Å²) in [5.74, 6) is -4.10. The van der Waals surface area contributed by atoms with Crippen LogP contribution < -0.4 is 27.0 Å². The molecule has 0 aromatic heterocycles. The number of nitrogens with two attached hydrogens (primary N) is 1. The molecule has 0 saturated heterocycles. The van der Waals surface area contributed by atoms with Crippen molar-refractivity contribution in [3.8, 4) is 0 Å². The summed E-state index contributed by atoms with van der Waals surface area (Å²) >= 11 is 0. The molecule has 0 aromatic carbocycles. The molecule has 166 valence electrons. The molecule has 0 aliphatic carbocycles. The minimum Gasteiger partial charge on any atom is -0.480 e. The van der Waals surface area contributed by atoms with E-state index in [-0.39, 0.29) is 19.1 Å². The van der Waals surface area contributed by atoms with Gasteiger partial charge in [0.25, 0.3) is 0 Å². The van der Waals surface area contributed by atoms with E-state index < -0.39 is 53.8 Å². The zero-order chi connectivity index (χ0) is 22.7. The first-order valence-electron chi connectivity index (χ1n) is 9.06. The SMILES string of the molecule is COC[C@H](NC(=O)CN)C(=O)N[C@H](C(=O)N[C@@H](C)C(=O)N[C@@H](C)C(=O)O)C(C)C. The van der Waals surface area contributed by atoms with Crippen molar-refractivity contribution in [3.05, 3.63) is 0 Å². The van der Waals surface area contributed by atoms with Gasteiger partial charge in [-0.15, -0.1) is 0 Å². The average molecular weight is 417 g/mol. The summed E-state index contributed by atoms with van der Waals surface area (Å²) in [6.07, 6.45) is 0. The second-order valence-corrected chi connectivity index (χ2v) is 6.81. The fourth-order valence-corrected chi connectivity index (χ4v) is 2.16. The molecule has 0 heterocycles. The van der Waals surface area contributed by atoms with Crippen molar-refractivity contribution in [3.63, 3.8) is 0 Å². The van der Waals surface area contributed by atoms with E-state index in [2.05, 4.69) is 21.3 Å². The Morgan fingerprint density at radius 1 is 0.862 bits per heavy atom. The highest BCUT2D eigenvalue weighted by Gasteiger charge is 2.30. The van der Waals surface area contributed by atoms with Crippen LogP contribution in [0.5, 0.6) is 0 Å². The zero-order valence-corrected chi connectivity index (χ0v) is 17.3. The Morgan fingerprint density at radius 3 is 1.86 bits per heavy atom. The lowest BCUT2D eigenvalue weighted by Crippen LogP contribution is -2.59. The van der Waals surface area contributed by atoms with Crippen LogP contribution in [0.4, 0.5) is 0 Å². The van der Waals surface area contributed by atoms with E-state index in [1.165, 1.54) is 21.0 Å². The van der Waals surface area contributed by atoms with Crippen molar-refractivity contribution in [1.82, 2.24) is 21.3 Å². The van der Waals surface area contributed by atoms with E-state index in [0.29, 0.717) is 0 Å². The zero-order valence-electron chi connectivity index (χ0n) is 17.3. The summed E-state index contributed by atoms with van der Waals surface area (Å²) < 4.78 is 4.91. The maximum atomic E-state index is 12.6. The number of nitrogens with one attached hydrogen (secondary N) is 4. The first kappa shape index (κ1) is 26.3. The Bertz CT molecular complexity index is 611. The predicted molar refractivity (Wildman–Crippen MR) is 102 cm³/mol. The normalized spacial score (nSPS) is 14.9. The highest BCUT2D eigenvalue weighted by atomic mass is 16.5. The molecular formula is C17H31N5O7. The van der Waals surface area contributed by atoms with Crippen molar-refractivity contribution in [2.24, 2.45) is 11.7 Å². The standard InChI is InChI=1S/C17H31N5O7/c1-8(2)13(22-15(25)11(7-29-5)21-12(23)6-18)16(26)19-9(3)14(24)20-10(4)17(27)28/h8-11,13H,6-7,18H2,1-5H3,(H,19,26)(H,20,24)(H,21,23)(H,22,25)(H,27,28)/t9-,10-,11-,13-/m0/s1. The molecule has 29 heavy (non-hydrogen) atoms. The van der Waals surface area contributed by atoms with Gasteiger partial charge in [-0.05, 0) is 19.8 Å². The third-order valence-corrected chi connectivity index (χ3v) is 3.90. The van der Waals surface area contributed by atoms with Crippen LogP contribution in [0.3, 0.4) is 0 Å². The average Bonchev–Trinajstić information content (AvgIpc) is 2.64. The Kier molecular flexibility index (Phi) is 11.5. The Labute approximate surface area is 169 Å². The van der Waals surface area contributed by atoms with Crippen LogP contribution in [0.1, 0.15) is 27.7 Å². The van der Waals surface area contributed by atoms with Crippen LogP contribution in [0, 0.1) is 5.92 Å². The molecule has 7 N–H and O–H groups in total. The number of methoxy groups -OCH3 is 1. The lowest BCUT2D eigenvalue weighted by atomic mass is 10.0. The van der Waals surface area contributed by atoms with Crippen molar-refractivity contribution >= 4 is 29.6 Å². The molecule has 0 saturated carbocycles. The largest absolute Gasteiger partial charge is 0.480 e. The minimum absolute atomic E-state index is 0.129. The van der Waals surface area contributed by atoms with Crippen LogP contribution in [0.2, 0.25) is 0 Å². The van der Waals surface area contributed by atoms with Gasteiger partial charge < -0.3 is 36.8 Å². The topological polar surface area (TPSA) is 189 Å². The molecular weight excluding hydrogens is 386 g/mol. The number of rotatable bonds is 12. The fraction of sp³-hybridized carbons (Fsp3) is 0.706. The van der Waals surface area contributed by atoms with Crippen molar-refractivity contribution in [2.45, 2.75) is 51.9 Å². The number of hydrogen-bond donors (Lipinski definition) is 6. The second-order valence-electron chi connectivity index (χ2n) is 6.81. The van der Waals surface area contributed by atoms with Crippen LogP contribution >= 0.6 is 0 Å². The van der Waals surface area contributed by atoms with Gasteiger partial charge in [0, 0.05) is 7.11 Å². The summed E-state index contributed by atoms with van der Waals surface area (Å²) in [7, 11) is 1.35. The minimum atomic E-state index is -1.21. The van der Waals surface area contributed by atoms with Gasteiger partial charge in [-0.25, -0.2) is 0 Å². The van der Waals surface area contributed by atoms with Gasteiger partial charge in [0.1, 0.15) is 24.2 Å². The molecule has 0 aromatic rings. The fourth-order valence-electron chi connectivity index (χ4n) is 2.16. The molecule has 0 aliphatic heterocycles. The van der Waals surface area contributed by atoms with Crippen molar-refractivity contribution < 1.29 is 33.8 Å². The Balaban J connectivity index is 5.08. The quantitative estimate of drug-likeness (QED) is 0.198. The third-order valence-electron chi connectivity index (χ3n) is 3.90. The third kappa shape index (κ3) is 9.34. The number of carbonyl (C=O) groups excluding carboxylic acids is 4. The van der Waals surface area contributed by atoms with Crippen LogP contribution in [-0.2, 0) is 28.7 Å². The van der Waals surface area contributed by atoms with Crippen LogP contribution in [0.25, 0.3) is 0 Å². The van der Waals surface area contributed by atoms with Gasteiger partial charge in [0.2, 0.25) is 23.6 Å². The number of carboxylic acids is 1. The van der Waals surface area contributed by atoms with E-state index in [1.54, 1.807) is 13.8 Å². The molecule has 12 nitrogen and oxygen atoms in total.